The summed E-state index contributed by atoms with van der Waals surface area (Å²) in [5.41, 5.74) is 1.72. The second-order valence-corrected chi connectivity index (χ2v) is 6.62. The zero-order valence-electron chi connectivity index (χ0n) is 17.2. The fraction of sp³-hybridized carbons (Fsp3) is 0.333. The first-order valence-corrected chi connectivity index (χ1v) is 9.64. The Morgan fingerprint density at radius 1 is 1.12 bits per heavy atom. The fourth-order valence-corrected chi connectivity index (χ4v) is 2.85. The van der Waals surface area contributed by atoms with Crippen LogP contribution >= 0.6 is 0 Å². The average molecular weight is 450 g/mol. The number of aryl methyl sites for hydroxylation is 1. The molecule has 0 saturated heterocycles. The molecule has 3 aromatic rings. The molecule has 0 aromatic carbocycles. The Morgan fingerprint density at radius 3 is 2.72 bits per heavy atom. The highest BCUT2D eigenvalue weighted by Crippen LogP contribution is 2.26. The second-order valence-electron chi connectivity index (χ2n) is 6.62. The van der Waals surface area contributed by atoms with Gasteiger partial charge in [0.05, 0.1) is 42.7 Å². The standard InChI is InChI=1S/C21H21F3N4O4/c1-30-9-10-31-19-11-16(13-29)18(12-26-19)32-14-15-3-2-6-25-20(15)17-4-7-27-28(17)8-5-21(22,23)24/h2-4,6-7,11-13H,5,8-10,14H2,1H3. The Morgan fingerprint density at radius 2 is 1.97 bits per heavy atom. The number of pyridine rings is 2. The summed E-state index contributed by atoms with van der Waals surface area (Å²) in [4.78, 5) is 19.9. The first kappa shape index (κ1) is 23.2. The minimum atomic E-state index is -4.29. The number of aldehydes is 1. The van der Waals surface area contributed by atoms with Crippen molar-refractivity contribution in [3.05, 3.63) is 54.0 Å². The molecule has 8 nitrogen and oxygen atoms in total. The van der Waals surface area contributed by atoms with Gasteiger partial charge < -0.3 is 14.2 Å². The van der Waals surface area contributed by atoms with Crippen LogP contribution < -0.4 is 9.47 Å². The predicted molar refractivity (Wildman–Crippen MR) is 107 cm³/mol. The molecule has 0 fully saturated rings. The minimum Gasteiger partial charge on any atom is -0.486 e. The molecule has 0 aliphatic rings. The normalized spacial score (nSPS) is 11.4. The van der Waals surface area contributed by atoms with Gasteiger partial charge in [0.25, 0.3) is 0 Å². The summed E-state index contributed by atoms with van der Waals surface area (Å²) in [7, 11) is 1.54. The number of hydrogen-bond acceptors (Lipinski definition) is 7. The van der Waals surface area contributed by atoms with Gasteiger partial charge in [-0.25, -0.2) is 4.98 Å². The van der Waals surface area contributed by atoms with Crippen LogP contribution in [0.2, 0.25) is 0 Å². The van der Waals surface area contributed by atoms with Crippen molar-refractivity contribution in [3.8, 4) is 23.0 Å². The van der Waals surface area contributed by atoms with E-state index in [0.717, 1.165) is 0 Å². The van der Waals surface area contributed by atoms with Crippen LogP contribution in [-0.4, -0.2) is 52.5 Å². The first-order valence-electron chi connectivity index (χ1n) is 9.64. The minimum absolute atomic E-state index is 0.0139. The largest absolute Gasteiger partial charge is 0.486 e. The zero-order chi connectivity index (χ0) is 23.0. The summed E-state index contributed by atoms with van der Waals surface area (Å²) >= 11 is 0. The van der Waals surface area contributed by atoms with E-state index in [0.29, 0.717) is 29.8 Å². The number of halogens is 3. The molecule has 0 amide bonds. The van der Waals surface area contributed by atoms with Crippen molar-refractivity contribution < 1.29 is 32.2 Å². The van der Waals surface area contributed by atoms with Crippen LogP contribution in [0.15, 0.2) is 42.9 Å². The molecule has 0 N–H and O–H groups in total. The molecule has 3 heterocycles. The van der Waals surface area contributed by atoms with E-state index < -0.39 is 12.6 Å². The number of methoxy groups -OCH3 is 1. The van der Waals surface area contributed by atoms with Gasteiger partial charge in [0.1, 0.15) is 19.0 Å². The Kier molecular flexibility index (Phi) is 7.77. The van der Waals surface area contributed by atoms with Gasteiger partial charge in [-0.05, 0) is 12.1 Å². The molecule has 3 rings (SSSR count). The van der Waals surface area contributed by atoms with Gasteiger partial charge in [0.2, 0.25) is 5.88 Å². The molecular weight excluding hydrogens is 429 g/mol. The average Bonchev–Trinajstić information content (AvgIpc) is 3.25. The lowest BCUT2D eigenvalue weighted by Crippen LogP contribution is -2.14. The highest BCUT2D eigenvalue weighted by Gasteiger charge is 2.27. The van der Waals surface area contributed by atoms with Crippen LogP contribution in [-0.2, 0) is 17.9 Å². The van der Waals surface area contributed by atoms with Crippen molar-refractivity contribution in [3.63, 3.8) is 0 Å². The molecule has 170 valence electrons. The fourth-order valence-electron chi connectivity index (χ4n) is 2.85. The van der Waals surface area contributed by atoms with Crippen LogP contribution in [0.25, 0.3) is 11.4 Å². The third-order valence-electron chi connectivity index (χ3n) is 4.38. The zero-order valence-corrected chi connectivity index (χ0v) is 17.2. The molecule has 3 aromatic heterocycles. The van der Waals surface area contributed by atoms with Gasteiger partial charge >= 0.3 is 6.18 Å². The smallest absolute Gasteiger partial charge is 0.390 e. The predicted octanol–water partition coefficient (Wildman–Crippen LogP) is 3.71. The summed E-state index contributed by atoms with van der Waals surface area (Å²) in [6, 6.07) is 6.46. The number of carbonyl (C=O) groups is 1. The van der Waals surface area contributed by atoms with Gasteiger partial charge in [0, 0.05) is 31.1 Å². The highest BCUT2D eigenvalue weighted by atomic mass is 19.4. The summed E-state index contributed by atoms with van der Waals surface area (Å²) in [5.74, 6) is 0.492. The van der Waals surface area contributed by atoms with Gasteiger partial charge in [-0.1, -0.05) is 6.07 Å². The van der Waals surface area contributed by atoms with Crippen molar-refractivity contribution in [2.24, 2.45) is 0 Å². The summed E-state index contributed by atoms with van der Waals surface area (Å²) < 4.78 is 55.2. The number of aromatic nitrogens is 4. The van der Waals surface area contributed by atoms with E-state index in [-0.39, 0.29) is 37.0 Å². The van der Waals surface area contributed by atoms with Gasteiger partial charge in [-0.2, -0.15) is 18.3 Å². The van der Waals surface area contributed by atoms with Crippen molar-refractivity contribution in [2.45, 2.75) is 25.7 Å². The molecule has 32 heavy (non-hydrogen) atoms. The lowest BCUT2D eigenvalue weighted by molar-refractivity contribution is -0.137. The van der Waals surface area contributed by atoms with Gasteiger partial charge in [-0.15, -0.1) is 0 Å². The third kappa shape index (κ3) is 6.27. The molecule has 0 radical (unpaired) electrons. The quantitative estimate of drug-likeness (QED) is 0.325. The molecular formula is C21H21F3N4O4. The maximum Gasteiger partial charge on any atom is 0.390 e. The van der Waals surface area contributed by atoms with E-state index in [1.54, 1.807) is 25.3 Å². The molecule has 0 unspecified atom stereocenters. The molecule has 0 spiro atoms. The molecule has 0 aliphatic heterocycles. The molecule has 0 aliphatic carbocycles. The number of alkyl halides is 3. The van der Waals surface area contributed by atoms with E-state index in [4.69, 9.17) is 14.2 Å². The Labute approximate surface area is 182 Å². The number of nitrogens with zero attached hydrogens (tertiary/aromatic N) is 4. The number of hydrogen-bond donors (Lipinski definition) is 0. The van der Waals surface area contributed by atoms with Crippen molar-refractivity contribution >= 4 is 6.29 Å². The third-order valence-corrected chi connectivity index (χ3v) is 4.38. The number of rotatable bonds is 11. The molecule has 11 heteroatoms. The van der Waals surface area contributed by atoms with Crippen molar-refractivity contribution in [1.29, 1.82) is 0 Å². The van der Waals surface area contributed by atoms with Crippen molar-refractivity contribution in [1.82, 2.24) is 19.7 Å². The lowest BCUT2D eigenvalue weighted by atomic mass is 10.1. The summed E-state index contributed by atoms with van der Waals surface area (Å²) in [6.45, 7) is 0.342. The monoisotopic (exact) mass is 450 g/mol. The van der Waals surface area contributed by atoms with Crippen LogP contribution in [0.3, 0.4) is 0 Å². The van der Waals surface area contributed by atoms with E-state index in [9.17, 15) is 18.0 Å². The maximum atomic E-state index is 12.6. The number of carbonyl (C=O) groups excluding carboxylic acids is 1. The van der Waals surface area contributed by atoms with E-state index in [1.807, 2.05) is 0 Å². The lowest BCUT2D eigenvalue weighted by Gasteiger charge is -2.14. The van der Waals surface area contributed by atoms with Crippen molar-refractivity contribution in [2.75, 3.05) is 20.3 Å². The SMILES string of the molecule is COCCOc1cc(C=O)c(OCc2cccnc2-c2ccnn2CCC(F)(F)F)cn1. The molecule has 0 saturated carbocycles. The van der Waals surface area contributed by atoms with E-state index in [2.05, 4.69) is 15.1 Å². The van der Waals surface area contributed by atoms with Crippen LogP contribution in [0, 0.1) is 0 Å². The second kappa shape index (κ2) is 10.7. The Balaban J connectivity index is 1.76. The number of ether oxygens (including phenoxy) is 3. The van der Waals surface area contributed by atoms with Crippen LogP contribution in [0.5, 0.6) is 11.6 Å². The topological polar surface area (TPSA) is 88.4 Å². The van der Waals surface area contributed by atoms with E-state index in [1.165, 1.54) is 29.3 Å². The molecule has 0 atom stereocenters. The van der Waals surface area contributed by atoms with E-state index >= 15 is 0 Å². The first-order chi connectivity index (χ1) is 15.4. The van der Waals surface area contributed by atoms with Crippen LogP contribution in [0.1, 0.15) is 22.3 Å². The molecule has 0 bridgehead atoms. The summed E-state index contributed by atoms with van der Waals surface area (Å²) in [5, 5.41) is 3.98. The van der Waals surface area contributed by atoms with Gasteiger partial charge in [0.15, 0.2) is 6.29 Å². The van der Waals surface area contributed by atoms with Crippen LogP contribution in [0.4, 0.5) is 13.2 Å². The summed E-state index contributed by atoms with van der Waals surface area (Å²) in [6.07, 6.45) is -0.358. The van der Waals surface area contributed by atoms with Gasteiger partial charge in [-0.3, -0.25) is 14.5 Å². The Hall–Kier alpha value is -3.47. The Bertz CT molecular complexity index is 1040. The maximum absolute atomic E-state index is 12.6. The highest BCUT2D eigenvalue weighted by molar-refractivity contribution is 5.79.